The highest BCUT2D eigenvalue weighted by Crippen LogP contribution is 2.34. The van der Waals surface area contributed by atoms with Gasteiger partial charge < -0.3 is 19.2 Å². The summed E-state index contributed by atoms with van der Waals surface area (Å²) in [5, 5.41) is 13.5. The predicted octanol–water partition coefficient (Wildman–Crippen LogP) is 4.73. The number of nitrogens with zero attached hydrogens (tertiary/aromatic N) is 2. The van der Waals surface area contributed by atoms with E-state index in [4.69, 9.17) is 25.5 Å². The van der Waals surface area contributed by atoms with Crippen LogP contribution in [0.5, 0.6) is 11.5 Å². The molecule has 2 aromatic heterocycles. The lowest BCUT2D eigenvalue weighted by Crippen LogP contribution is -2.02. The number of ether oxygens (including phenoxy) is 2. The Kier molecular flexibility index (Phi) is 4.89. The van der Waals surface area contributed by atoms with Gasteiger partial charge in [-0.25, -0.2) is 4.79 Å². The Labute approximate surface area is 168 Å². The molecule has 0 spiro atoms. The molecule has 142 valence electrons. The lowest BCUT2D eigenvalue weighted by Gasteiger charge is -2.10. The molecule has 0 aliphatic heterocycles. The Bertz CT molecular complexity index is 1220. The third-order valence-electron chi connectivity index (χ3n) is 4.00. The number of methoxy groups -OCH3 is 2. The number of anilines is 2. The van der Waals surface area contributed by atoms with Crippen LogP contribution in [0.4, 0.5) is 10.8 Å². The van der Waals surface area contributed by atoms with Crippen molar-refractivity contribution in [1.29, 1.82) is 0 Å². The van der Waals surface area contributed by atoms with E-state index in [0.29, 0.717) is 48.9 Å². The molecule has 0 atom stereocenters. The van der Waals surface area contributed by atoms with E-state index in [1.807, 2.05) is 0 Å². The second-order valence-electron chi connectivity index (χ2n) is 5.73. The minimum atomic E-state index is -0.489. The van der Waals surface area contributed by atoms with Crippen molar-refractivity contribution in [2.75, 3.05) is 19.5 Å². The summed E-state index contributed by atoms with van der Waals surface area (Å²) < 4.78 is 16.0. The molecule has 0 amide bonds. The highest BCUT2D eigenvalue weighted by Gasteiger charge is 2.15. The number of nitrogens with one attached hydrogen (secondary N) is 1. The number of benzene rings is 2. The van der Waals surface area contributed by atoms with Crippen molar-refractivity contribution < 1.29 is 13.9 Å². The van der Waals surface area contributed by atoms with Gasteiger partial charge in [-0.15, -0.1) is 10.2 Å². The van der Waals surface area contributed by atoms with Gasteiger partial charge in [0.2, 0.25) is 5.13 Å². The monoisotopic (exact) mass is 415 g/mol. The predicted molar refractivity (Wildman–Crippen MR) is 109 cm³/mol. The number of rotatable bonds is 5. The van der Waals surface area contributed by atoms with E-state index in [0.717, 1.165) is 0 Å². The molecule has 0 fully saturated rings. The summed E-state index contributed by atoms with van der Waals surface area (Å²) in [6, 6.07) is 12.1. The van der Waals surface area contributed by atoms with Crippen LogP contribution >= 0.6 is 22.9 Å². The number of hydrogen-bond donors (Lipinski definition) is 1. The molecule has 9 heteroatoms. The summed E-state index contributed by atoms with van der Waals surface area (Å²) >= 11 is 7.24. The minimum absolute atomic E-state index is 0.318. The van der Waals surface area contributed by atoms with Crippen LogP contribution in [-0.2, 0) is 0 Å². The van der Waals surface area contributed by atoms with Gasteiger partial charge in [0, 0.05) is 16.5 Å². The first-order chi connectivity index (χ1) is 13.6. The largest absolute Gasteiger partial charge is 0.497 e. The number of hydrogen-bond acceptors (Lipinski definition) is 8. The van der Waals surface area contributed by atoms with Crippen LogP contribution in [0.2, 0.25) is 5.02 Å². The first kappa shape index (κ1) is 18.3. The Morgan fingerprint density at radius 2 is 1.93 bits per heavy atom. The Hall–Kier alpha value is -3.10. The quantitative estimate of drug-likeness (QED) is 0.471. The highest BCUT2D eigenvalue weighted by molar-refractivity contribution is 7.18. The van der Waals surface area contributed by atoms with Gasteiger partial charge in [0.15, 0.2) is 5.01 Å². The Balaban J connectivity index is 1.70. The molecular formula is C19H14ClN3O4S. The molecule has 28 heavy (non-hydrogen) atoms. The van der Waals surface area contributed by atoms with E-state index in [1.54, 1.807) is 56.7 Å². The van der Waals surface area contributed by atoms with E-state index in [-0.39, 0.29) is 0 Å². The highest BCUT2D eigenvalue weighted by atomic mass is 35.5. The molecule has 0 saturated heterocycles. The smallest absolute Gasteiger partial charge is 0.346 e. The van der Waals surface area contributed by atoms with Crippen LogP contribution in [0.25, 0.3) is 21.5 Å². The molecule has 0 aliphatic rings. The van der Waals surface area contributed by atoms with Crippen LogP contribution in [0, 0.1) is 0 Å². The van der Waals surface area contributed by atoms with Gasteiger partial charge >= 0.3 is 5.63 Å². The molecule has 0 saturated carbocycles. The van der Waals surface area contributed by atoms with Gasteiger partial charge in [0.05, 0.1) is 25.5 Å². The lowest BCUT2D eigenvalue weighted by molar-refractivity contribution is 0.405. The summed E-state index contributed by atoms with van der Waals surface area (Å²) in [5.41, 5.74) is 0.957. The molecule has 4 aromatic rings. The lowest BCUT2D eigenvalue weighted by atomic mass is 10.2. The molecule has 1 N–H and O–H groups in total. The summed E-state index contributed by atoms with van der Waals surface area (Å²) in [7, 11) is 3.16. The van der Waals surface area contributed by atoms with Crippen LogP contribution < -0.4 is 20.4 Å². The average molecular weight is 416 g/mol. The van der Waals surface area contributed by atoms with E-state index in [1.165, 1.54) is 11.3 Å². The van der Waals surface area contributed by atoms with Crippen molar-refractivity contribution in [2.45, 2.75) is 0 Å². The number of halogens is 1. The van der Waals surface area contributed by atoms with Crippen molar-refractivity contribution in [3.8, 4) is 22.1 Å². The SMILES string of the molecule is COc1ccc(OC)c(Nc2nnc(-c3cc4cc(Cl)ccc4oc3=O)s2)c1. The molecule has 2 heterocycles. The van der Waals surface area contributed by atoms with E-state index < -0.39 is 5.63 Å². The third-order valence-corrected chi connectivity index (χ3v) is 5.10. The van der Waals surface area contributed by atoms with E-state index in [2.05, 4.69) is 15.5 Å². The second kappa shape index (κ2) is 7.49. The maximum Gasteiger partial charge on any atom is 0.346 e. The Morgan fingerprint density at radius 3 is 2.71 bits per heavy atom. The first-order valence-corrected chi connectivity index (χ1v) is 9.33. The van der Waals surface area contributed by atoms with E-state index >= 15 is 0 Å². The zero-order chi connectivity index (χ0) is 19.7. The standard InChI is InChI=1S/C19H14ClN3O4S/c1-25-12-4-6-16(26-2)14(9-12)21-19-23-22-17(28-19)13-8-10-7-11(20)3-5-15(10)27-18(13)24/h3-9H,1-2H3,(H,21,23). The zero-order valence-corrected chi connectivity index (χ0v) is 16.4. The van der Waals surface area contributed by atoms with Crippen LogP contribution in [0.3, 0.4) is 0 Å². The number of aromatic nitrogens is 2. The van der Waals surface area contributed by atoms with Crippen molar-refractivity contribution in [3.05, 3.63) is 57.9 Å². The average Bonchev–Trinajstić information content (AvgIpc) is 3.16. The van der Waals surface area contributed by atoms with Gasteiger partial charge in [0.1, 0.15) is 17.1 Å². The summed E-state index contributed by atoms with van der Waals surface area (Å²) in [6.07, 6.45) is 0. The second-order valence-corrected chi connectivity index (χ2v) is 7.15. The van der Waals surface area contributed by atoms with Gasteiger partial charge in [-0.3, -0.25) is 0 Å². The molecule has 0 unspecified atom stereocenters. The first-order valence-electron chi connectivity index (χ1n) is 8.13. The van der Waals surface area contributed by atoms with Crippen molar-refractivity contribution in [2.24, 2.45) is 0 Å². The van der Waals surface area contributed by atoms with Crippen molar-refractivity contribution in [3.63, 3.8) is 0 Å². The fourth-order valence-corrected chi connectivity index (χ4v) is 3.59. The van der Waals surface area contributed by atoms with Crippen molar-refractivity contribution >= 4 is 44.7 Å². The molecule has 4 rings (SSSR count). The Morgan fingerprint density at radius 1 is 1.07 bits per heavy atom. The molecule has 0 radical (unpaired) electrons. The number of fused-ring (bicyclic) bond motifs is 1. The van der Waals surface area contributed by atoms with Gasteiger partial charge in [-0.05, 0) is 36.4 Å². The molecule has 7 nitrogen and oxygen atoms in total. The topological polar surface area (TPSA) is 86.5 Å². The molecule has 0 aliphatic carbocycles. The van der Waals surface area contributed by atoms with E-state index in [9.17, 15) is 4.79 Å². The third kappa shape index (κ3) is 3.51. The van der Waals surface area contributed by atoms with Gasteiger partial charge in [-0.1, -0.05) is 22.9 Å². The maximum absolute atomic E-state index is 12.4. The van der Waals surface area contributed by atoms with Crippen LogP contribution in [-0.4, -0.2) is 24.4 Å². The maximum atomic E-state index is 12.4. The molecular weight excluding hydrogens is 402 g/mol. The van der Waals surface area contributed by atoms with Gasteiger partial charge in [-0.2, -0.15) is 0 Å². The van der Waals surface area contributed by atoms with Gasteiger partial charge in [0.25, 0.3) is 0 Å². The minimum Gasteiger partial charge on any atom is -0.497 e. The van der Waals surface area contributed by atoms with Crippen molar-refractivity contribution in [1.82, 2.24) is 10.2 Å². The summed E-state index contributed by atoms with van der Waals surface area (Å²) in [6.45, 7) is 0. The zero-order valence-electron chi connectivity index (χ0n) is 14.9. The summed E-state index contributed by atoms with van der Waals surface area (Å²) in [5.74, 6) is 1.29. The molecule has 0 bridgehead atoms. The fourth-order valence-electron chi connectivity index (χ4n) is 2.65. The molecule has 2 aromatic carbocycles. The normalized spacial score (nSPS) is 10.8. The van der Waals surface area contributed by atoms with Crippen LogP contribution in [0.15, 0.2) is 51.7 Å². The van der Waals surface area contributed by atoms with Crippen LogP contribution in [0.1, 0.15) is 0 Å². The fraction of sp³-hybridized carbons (Fsp3) is 0.105. The summed E-state index contributed by atoms with van der Waals surface area (Å²) in [4.78, 5) is 12.4.